The standard InChI is InChI=1S/C52H104NO7P/c1-3-5-7-9-11-13-15-17-19-21-23-25-27-29-31-33-35-37-39-41-43-45-52(54)60-51(50-59-61(55,56)58-48-46-53)49-57-47-44-42-40-38-36-34-32-30-28-26-24-22-20-18-16-14-12-10-8-6-4-2/h21,23,51H,3-20,22,24-50,53H2,1-2H3,(H,55,56)/b23-21-. The highest BCUT2D eigenvalue weighted by Crippen LogP contribution is 2.43. The van der Waals surface area contributed by atoms with Gasteiger partial charge in [-0.2, -0.15) is 0 Å². The highest BCUT2D eigenvalue weighted by Gasteiger charge is 2.25. The van der Waals surface area contributed by atoms with Crippen LogP contribution in [0.25, 0.3) is 0 Å². The molecule has 0 saturated carbocycles. The van der Waals surface area contributed by atoms with E-state index in [9.17, 15) is 14.3 Å². The fourth-order valence-corrected chi connectivity index (χ4v) is 8.76. The topological polar surface area (TPSA) is 117 Å². The molecule has 364 valence electrons. The van der Waals surface area contributed by atoms with Crippen molar-refractivity contribution in [3.63, 3.8) is 0 Å². The number of phosphoric ester groups is 1. The molecule has 61 heavy (non-hydrogen) atoms. The molecular weight excluding hydrogens is 782 g/mol. The van der Waals surface area contributed by atoms with Crippen molar-refractivity contribution in [3.05, 3.63) is 12.2 Å². The van der Waals surface area contributed by atoms with Crippen LogP contribution < -0.4 is 5.73 Å². The maximum atomic E-state index is 12.7. The highest BCUT2D eigenvalue weighted by molar-refractivity contribution is 7.47. The van der Waals surface area contributed by atoms with Crippen LogP contribution >= 0.6 is 7.82 Å². The zero-order chi connectivity index (χ0) is 44.4. The first-order valence-electron chi connectivity index (χ1n) is 26.7. The Morgan fingerprint density at radius 3 is 1.20 bits per heavy atom. The SMILES string of the molecule is CCCCCCCCCC/C=C\CCCCCCCCCCCC(=O)OC(COCCCCCCCCCCCCCCCCCCCCCCC)COP(=O)(O)OCCN. The fourth-order valence-electron chi connectivity index (χ4n) is 8.00. The molecule has 0 radical (unpaired) electrons. The van der Waals surface area contributed by atoms with Crippen LogP contribution in [0.1, 0.15) is 277 Å². The van der Waals surface area contributed by atoms with Crippen LogP contribution in [0.2, 0.25) is 0 Å². The van der Waals surface area contributed by atoms with Crippen molar-refractivity contribution < 1.29 is 32.8 Å². The van der Waals surface area contributed by atoms with E-state index in [4.69, 9.17) is 24.3 Å². The van der Waals surface area contributed by atoms with Crippen molar-refractivity contribution in [2.24, 2.45) is 5.73 Å². The van der Waals surface area contributed by atoms with E-state index in [2.05, 4.69) is 26.0 Å². The van der Waals surface area contributed by atoms with Crippen LogP contribution in [0, 0.1) is 0 Å². The van der Waals surface area contributed by atoms with Crippen LogP contribution in [0.3, 0.4) is 0 Å². The van der Waals surface area contributed by atoms with E-state index in [1.165, 1.54) is 225 Å². The minimum absolute atomic E-state index is 0.0920. The molecule has 2 unspecified atom stereocenters. The number of carbonyl (C=O) groups is 1. The summed E-state index contributed by atoms with van der Waals surface area (Å²) in [4.78, 5) is 22.6. The first kappa shape index (κ1) is 60.2. The lowest BCUT2D eigenvalue weighted by atomic mass is 10.0. The summed E-state index contributed by atoms with van der Waals surface area (Å²) in [6.07, 6.45) is 56.8. The van der Waals surface area contributed by atoms with Crippen molar-refractivity contribution >= 4 is 13.8 Å². The molecule has 0 saturated heterocycles. The van der Waals surface area contributed by atoms with Crippen LogP contribution in [-0.4, -0.2) is 49.9 Å². The molecule has 0 aliphatic heterocycles. The number of unbranched alkanes of at least 4 members (excludes halogenated alkanes) is 37. The quantitative estimate of drug-likeness (QED) is 0.0268. The van der Waals surface area contributed by atoms with Crippen molar-refractivity contribution in [2.75, 3.05) is 33.0 Å². The summed E-state index contributed by atoms with van der Waals surface area (Å²) in [6, 6.07) is 0. The Hall–Kier alpha value is -0.760. The minimum Gasteiger partial charge on any atom is -0.457 e. The minimum atomic E-state index is -4.28. The van der Waals surface area contributed by atoms with E-state index in [0.29, 0.717) is 13.0 Å². The van der Waals surface area contributed by atoms with Gasteiger partial charge in [-0.05, 0) is 38.5 Å². The van der Waals surface area contributed by atoms with Gasteiger partial charge in [-0.1, -0.05) is 244 Å². The van der Waals surface area contributed by atoms with E-state index in [0.717, 1.165) is 32.1 Å². The lowest BCUT2D eigenvalue weighted by Gasteiger charge is -2.20. The molecule has 8 nitrogen and oxygen atoms in total. The van der Waals surface area contributed by atoms with Gasteiger partial charge in [-0.3, -0.25) is 13.8 Å². The number of esters is 1. The summed E-state index contributed by atoms with van der Waals surface area (Å²) in [5, 5.41) is 0. The van der Waals surface area contributed by atoms with Gasteiger partial charge in [0.25, 0.3) is 0 Å². The van der Waals surface area contributed by atoms with Crippen molar-refractivity contribution in [1.82, 2.24) is 0 Å². The lowest BCUT2D eigenvalue weighted by molar-refractivity contribution is -0.154. The van der Waals surface area contributed by atoms with Crippen LogP contribution in [0.5, 0.6) is 0 Å². The van der Waals surface area contributed by atoms with E-state index < -0.39 is 13.9 Å². The van der Waals surface area contributed by atoms with E-state index in [1.54, 1.807) is 0 Å². The van der Waals surface area contributed by atoms with Gasteiger partial charge in [0.15, 0.2) is 0 Å². The van der Waals surface area contributed by atoms with Crippen molar-refractivity contribution in [1.29, 1.82) is 0 Å². The second-order valence-corrected chi connectivity index (χ2v) is 19.6. The second-order valence-electron chi connectivity index (χ2n) is 18.1. The van der Waals surface area contributed by atoms with E-state index in [1.807, 2.05) is 0 Å². The molecule has 0 aliphatic rings. The third-order valence-electron chi connectivity index (χ3n) is 11.9. The number of rotatable bonds is 52. The molecule has 0 spiro atoms. The second kappa shape index (κ2) is 50.2. The zero-order valence-corrected chi connectivity index (χ0v) is 41.6. The van der Waals surface area contributed by atoms with Gasteiger partial charge in [-0.15, -0.1) is 0 Å². The molecule has 3 N–H and O–H groups in total. The molecule has 0 aliphatic carbocycles. The zero-order valence-electron chi connectivity index (χ0n) is 40.7. The molecule has 0 amide bonds. The summed E-state index contributed by atoms with van der Waals surface area (Å²) in [6.45, 7) is 4.99. The largest absolute Gasteiger partial charge is 0.472 e. The average Bonchev–Trinajstić information content (AvgIpc) is 3.25. The summed E-state index contributed by atoms with van der Waals surface area (Å²) in [5.41, 5.74) is 5.39. The number of hydrogen-bond acceptors (Lipinski definition) is 7. The maximum Gasteiger partial charge on any atom is 0.472 e. The third-order valence-corrected chi connectivity index (χ3v) is 12.9. The predicted octanol–water partition coefficient (Wildman–Crippen LogP) is 16.6. The monoisotopic (exact) mass is 886 g/mol. The van der Waals surface area contributed by atoms with E-state index >= 15 is 0 Å². The Kier molecular flexibility index (Phi) is 49.6. The number of ether oxygens (including phenoxy) is 2. The van der Waals surface area contributed by atoms with E-state index in [-0.39, 0.29) is 32.3 Å². The molecular formula is C52H104NO7P. The number of carbonyl (C=O) groups excluding carboxylic acids is 1. The molecule has 9 heteroatoms. The maximum absolute atomic E-state index is 12.7. The molecule has 0 heterocycles. The molecule has 0 rings (SSSR count). The van der Waals surface area contributed by atoms with Gasteiger partial charge in [-0.25, -0.2) is 4.57 Å². The molecule has 0 aromatic rings. The first-order chi connectivity index (χ1) is 29.9. The Morgan fingerprint density at radius 2 is 0.820 bits per heavy atom. The number of hydrogen-bond donors (Lipinski definition) is 2. The number of nitrogens with two attached hydrogens (primary N) is 1. The van der Waals surface area contributed by atoms with Gasteiger partial charge in [0.05, 0.1) is 19.8 Å². The number of phosphoric acid groups is 1. The van der Waals surface area contributed by atoms with Crippen molar-refractivity contribution in [3.8, 4) is 0 Å². The average molecular weight is 886 g/mol. The molecule has 0 aromatic heterocycles. The summed E-state index contributed by atoms with van der Waals surface area (Å²) < 4.78 is 33.6. The Balaban J connectivity index is 3.88. The highest BCUT2D eigenvalue weighted by atomic mass is 31.2. The third kappa shape index (κ3) is 50.1. The number of allylic oxidation sites excluding steroid dienone is 2. The Bertz CT molecular complexity index is 951. The van der Waals surface area contributed by atoms with Gasteiger partial charge in [0.2, 0.25) is 0 Å². The molecule has 0 bridgehead atoms. The lowest BCUT2D eigenvalue weighted by Crippen LogP contribution is -2.28. The smallest absolute Gasteiger partial charge is 0.457 e. The summed E-state index contributed by atoms with van der Waals surface area (Å²) in [5.74, 6) is -0.325. The van der Waals surface area contributed by atoms with Gasteiger partial charge < -0.3 is 20.1 Å². The molecule has 0 fully saturated rings. The van der Waals surface area contributed by atoms with Crippen LogP contribution in [-0.2, 0) is 27.9 Å². The Labute approximate surface area is 379 Å². The van der Waals surface area contributed by atoms with Gasteiger partial charge >= 0.3 is 13.8 Å². The normalized spacial score (nSPS) is 13.3. The molecule has 0 aromatic carbocycles. The Morgan fingerprint density at radius 1 is 0.475 bits per heavy atom. The summed E-state index contributed by atoms with van der Waals surface area (Å²) >= 11 is 0. The van der Waals surface area contributed by atoms with Gasteiger partial charge in [0, 0.05) is 19.6 Å². The van der Waals surface area contributed by atoms with Crippen LogP contribution in [0.15, 0.2) is 12.2 Å². The molecule has 2 atom stereocenters. The predicted molar refractivity (Wildman–Crippen MR) is 261 cm³/mol. The fraction of sp³-hybridized carbons (Fsp3) is 0.942. The van der Waals surface area contributed by atoms with Crippen molar-refractivity contribution in [2.45, 2.75) is 283 Å². The first-order valence-corrected chi connectivity index (χ1v) is 28.2. The van der Waals surface area contributed by atoms with Gasteiger partial charge in [0.1, 0.15) is 6.10 Å². The van der Waals surface area contributed by atoms with Crippen LogP contribution in [0.4, 0.5) is 0 Å². The summed E-state index contributed by atoms with van der Waals surface area (Å²) in [7, 11) is -4.28.